The van der Waals surface area contributed by atoms with E-state index in [-0.39, 0.29) is 18.6 Å². The maximum absolute atomic E-state index is 13.1. The summed E-state index contributed by atoms with van der Waals surface area (Å²) in [5.74, 6) is -2.39. The van der Waals surface area contributed by atoms with Gasteiger partial charge < -0.3 is 5.11 Å². The number of carboxylic acids is 1. The molecular formula is C17H17F2NO4S. The van der Waals surface area contributed by atoms with Gasteiger partial charge in [-0.25, -0.2) is 21.9 Å². The Hall–Kier alpha value is -2.32. The van der Waals surface area contributed by atoms with Gasteiger partial charge in [-0.3, -0.25) is 4.79 Å². The van der Waals surface area contributed by atoms with Gasteiger partial charge in [0.1, 0.15) is 11.6 Å². The topological polar surface area (TPSA) is 83.5 Å². The van der Waals surface area contributed by atoms with Crippen LogP contribution in [0.25, 0.3) is 0 Å². The lowest BCUT2D eigenvalue weighted by molar-refractivity contribution is -0.137. The molecule has 0 bridgehead atoms. The Bertz CT molecular complexity index is 821. The molecule has 0 radical (unpaired) electrons. The molecule has 0 aliphatic rings. The van der Waals surface area contributed by atoms with Gasteiger partial charge >= 0.3 is 5.97 Å². The van der Waals surface area contributed by atoms with E-state index in [9.17, 15) is 22.0 Å². The molecule has 0 aliphatic carbocycles. The highest BCUT2D eigenvalue weighted by Crippen LogP contribution is 2.21. The van der Waals surface area contributed by atoms with E-state index in [1.54, 1.807) is 0 Å². The molecule has 0 aliphatic heterocycles. The SMILES string of the molecule is O=C(O)CCC(NS(=O)(=O)Cc1ccc(F)cc1)c1ccc(F)cc1. The van der Waals surface area contributed by atoms with E-state index in [2.05, 4.69) is 4.72 Å². The quantitative estimate of drug-likeness (QED) is 0.749. The summed E-state index contributed by atoms with van der Waals surface area (Å²) in [7, 11) is -3.81. The molecule has 0 spiro atoms. The van der Waals surface area contributed by atoms with Crippen LogP contribution in [0.4, 0.5) is 8.78 Å². The van der Waals surface area contributed by atoms with E-state index in [1.165, 1.54) is 36.4 Å². The van der Waals surface area contributed by atoms with E-state index in [0.29, 0.717) is 11.1 Å². The highest BCUT2D eigenvalue weighted by molar-refractivity contribution is 7.88. The number of halogens is 2. The van der Waals surface area contributed by atoms with Crippen molar-refractivity contribution < 1.29 is 27.1 Å². The smallest absolute Gasteiger partial charge is 0.303 e. The summed E-state index contributed by atoms with van der Waals surface area (Å²) in [6.07, 6.45) is -0.231. The summed E-state index contributed by atoms with van der Waals surface area (Å²) in [5, 5.41) is 8.84. The minimum Gasteiger partial charge on any atom is -0.481 e. The number of benzene rings is 2. The van der Waals surface area contributed by atoms with E-state index in [4.69, 9.17) is 5.11 Å². The van der Waals surface area contributed by atoms with Crippen LogP contribution in [0.5, 0.6) is 0 Å². The van der Waals surface area contributed by atoms with Gasteiger partial charge in [-0.2, -0.15) is 0 Å². The standard InChI is InChI=1S/C17H17F2NO4S/c18-14-5-1-12(2-6-14)11-25(23,24)20-16(9-10-17(21)22)13-3-7-15(19)8-4-13/h1-8,16,20H,9-11H2,(H,21,22). The summed E-state index contributed by atoms with van der Waals surface area (Å²) in [4.78, 5) is 10.8. The first-order valence-electron chi connectivity index (χ1n) is 7.47. The lowest BCUT2D eigenvalue weighted by Crippen LogP contribution is -2.30. The molecule has 0 fully saturated rings. The summed E-state index contributed by atoms with van der Waals surface area (Å²) in [6, 6.07) is 9.40. The van der Waals surface area contributed by atoms with Crippen LogP contribution >= 0.6 is 0 Å². The zero-order valence-electron chi connectivity index (χ0n) is 13.2. The van der Waals surface area contributed by atoms with Crippen molar-refractivity contribution in [2.24, 2.45) is 0 Å². The zero-order valence-corrected chi connectivity index (χ0v) is 14.0. The molecule has 5 nitrogen and oxygen atoms in total. The fraction of sp³-hybridized carbons (Fsp3) is 0.235. The molecule has 2 rings (SSSR count). The predicted molar refractivity (Wildman–Crippen MR) is 88.2 cm³/mol. The van der Waals surface area contributed by atoms with Crippen molar-refractivity contribution in [3.63, 3.8) is 0 Å². The fourth-order valence-corrected chi connectivity index (χ4v) is 3.72. The molecule has 1 atom stereocenters. The second-order valence-electron chi connectivity index (χ2n) is 5.54. The molecule has 0 aromatic heterocycles. The second kappa shape index (κ2) is 8.17. The van der Waals surface area contributed by atoms with Crippen molar-refractivity contribution in [1.82, 2.24) is 4.72 Å². The second-order valence-corrected chi connectivity index (χ2v) is 7.29. The molecule has 2 N–H and O–H groups in total. The Balaban J connectivity index is 2.17. The molecule has 134 valence electrons. The van der Waals surface area contributed by atoms with Gasteiger partial charge in [-0.1, -0.05) is 24.3 Å². The van der Waals surface area contributed by atoms with Crippen LogP contribution in [0.2, 0.25) is 0 Å². The first-order chi connectivity index (χ1) is 11.7. The van der Waals surface area contributed by atoms with E-state index < -0.39 is 33.7 Å². The van der Waals surface area contributed by atoms with Crippen LogP contribution in [-0.4, -0.2) is 19.5 Å². The van der Waals surface area contributed by atoms with Crippen molar-refractivity contribution in [3.05, 3.63) is 71.3 Å². The predicted octanol–water partition coefficient (Wildman–Crippen LogP) is 2.99. The fourth-order valence-electron chi connectivity index (χ4n) is 2.31. The molecule has 2 aromatic rings. The maximum Gasteiger partial charge on any atom is 0.303 e. The van der Waals surface area contributed by atoms with Crippen molar-refractivity contribution in [3.8, 4) is 0 Å². The first kappa shape index (κ1) is 19.0. The average molecular weight is 369 g/mol. The van der Waals surface area contributed by atoms with Crippen molar-refractivity contribution >= 4 is 16.0 Å². The Kier molecular flexibility index (Phi) is 6.22. The van der Waals surface area contributed by atoms with Gasteiger partial charge in [0.25, 0.3) is 0 Å². The molecule has 0 saturated heterocycles. The number of carboxylic acid groups (broad SMARTS) is 1. The largest absolute Gasteiger partial charge is 0.481 e. The van der Waals surface area contributed by atoms with Crippen molar-refractivity contribution in [1.29, 1.82) is 0 Å². The summed E-state index contributed by atoms with van der Waals surface area (Å²) < 4.78 is 53.1. The molecular weight excluding hydrogens is 352 g/mol. The Morgan fingerprint density at radius 3 is 2.04 bits per heavy atom. The lowest BCUT2D eigenvalue weighted by atomic mass is 10.0. The monoisotopic (exact) mass is 369 g/mol. The van der Waals surface area contributed by atoms with Gasteiger partial charge in [0.05, 0.1) is 5.75 Å². The molecule has 1 unspecified atom stereocenters. The molecule has 0 heterocycles. The number of rotatable bonds is 8. The van der Waals surface area contributed by atoms with E-state index >= 15 is 0 Å². The average Bonchev–Trinajstić information content (AvgIpc) is 2.54. The third-order valence-corrected chi connectivity index (χ3v) is 4.87. The number of aliphatic carboxylic acids is 1. The van der Waals surface area contributed by atoms with Gasteiger partial charge in [-0.15, -0.1) is 0 Å². The minimum absolute atomic E-state index is 0.0175. The molecule has 0 saturated carbocycles. The van der Waals surface area contributed by atoms with Gasteiger partial charge in [-0.05, 0) is 41.8 Å². The van der Waals surface area contributed by atoms with Gasteiger partial charge in [0.15, 0.2) is 0 Å². The van der Waals surface area contributed by atoms with Crippen LogP contribution < -0.4 is 4.72 Å². The normalized spacial score (nSPS) is 12.7. The summed E-state index contributed by atoms with van der Waals surface area (Å²) >= 11 is 0. The summed E-state index contributed by atoms with van der Waals surface area (Å²) in [5.41, 5.74) is 0.857. The number of hydrogen-bond donors (Lipinski definition) is 2. The van der Waals surface area contributed by atoms with Crippen LogP contribution in [-0.2, 0) is 20.6 Å². The Labute approximate surface area is 144 Å². The Morgan fingerprint density at radius 2 is 1.52 bits per heavy atom. The van der Waals surface area contributed by atoms with Crippen molar-refractivity contribution in [2.45, 2.75) is 24.6 Å². The number of carbonyl (C=O) groups is 1. The van der Waals surface area contributed by atoms with E-state index in [0.717, 1.165) is 12.1 Å². The highest BCUT2D eigenvalue weighted by atomic mass is 32.2. The highest BCUT2D eigenvalue weighted by Gasteiger charge is 2.21. The number of nitrogens with one attached hydrogen (secondary N) is 1. The molecule has 2 aromatic carbocycles. The zero-order chi connectivity index (χ0) is 18.4. The number of hydrogen-bond acceptors (Lipinski definition) is 3. The van der Waals surface area contributed by atoms with E-state index in [1.807, 2.05) is 0 Å². The van der Waals surface area contributed by atoms with Crippen LogP contribution in [0.15, 0.2) is 48.5 Å². The first-order valence-corrected chi connectivity index (χ1v) is 9.12. The summed E-state index contributed by atoms with van der Waals surface area (Å²) in [6.45, 7) is 0. The van der Waals surface area contributed by atoms with Gasteiger partial charge in [0, 0.05) is 12.5 Å². The van der Waals surface area contributed by atoms with Crippen molar-refractivity contribution in [2.75, 3.05) is 0 Å². The molecule has 8 heteroatoms. The molecule has 25 heavy (non-hydrogen) atoms. The van der Waals surface area contributed by atoms with Crippen LogP contribution in [0.1, 0.15) is 30.0 Å². The van der Waals surface area contributed by atoms with Gasteiger partial charge in [0.2, 0.25) is 10.0 Å². The third-order valence-electron chi connectivity index (χ3n) is 3.51. The maximum atomic E-state index is 13.1. The lowest BCUT2D eigenvalue weighted by Gasteiger charge is -2.19. The number of sulfonamides is 1. The van der Waals surface area contributed by atoms with Crippen LogP contribution in [0.3, 0.4) is 0 Å². The minimum atomic E-state index is -3.81. The van der Waals surface area contributed by atoms with Crippen LogP contribution in [0, 0.1) is 11.6 Å². The Morgan fingerprint density at radius 1 is 1.00 bits per heavy atom. The molecule has 0 amide bonds. The third kappa shape index (κ3) is 6.24.